The van der Waals surface area contributed by atoms with Crippen molar-refractivity contribution in [2.45, 2.75) is 32.1 Å². The molecule has 4 rings (SSSR count). The number of halogens is 1. The highest BCUT2D eigenvalue weighted by atomic mass is 35.5. The van der Waals surface area contributed by atoms with Crippen molar-refractivity contribution in [3.05, 3.63) is 87.3 Å². The number of hydrogen-bond donors (Lipinski definition) is 1. The van der Waals surface area contributed by atoms with Crippen molar-refractivity contribution < 1.29 is 14.3 Å². The minimum absolute atomic E-state index is 0.0636. The Balaban J connectivity index is 1.54. The number of ether oxygens (including phenoxy) is 1. The first-order chi connectivity index (χ1) is 15.0. The maximum atomic E-state index is 12.9. The predicted octanol–water partition coefficient (Wildman–Crippen LogP) is 6.47. The molecule has 1 fully saturated rings. The lowest BCUT2D eigenvalue weighted by molar-refractivity contribution is -0.117. The van der Waals surface area contributed by atoms with Gasteiger partial charge in [-0.3, -0.25) is 4.79 Å². The minimum Gasteiger partial charge on any atom is -0.462 e. The van der Waals surface area contributed by atoms with Gasteiger partial charge in [-0.25, -0.2) is 4.79 Å². The van der Waals surface area contributed by atoms with Crippen LogP contribution in [-0.2, 0) is 9.53 Å². The molecule has 1 heterocycles. The molecule has 0 bridgehead atoms. The molecular weight excluding hydrogens is 430 g/mol. The minimum atomic E-state index is -0.411. The SMILES string of the molecule is CCOC(=O)c1cc([C@@H](C)c2ccccc2)sc1NC(=O)[C@H]1C[C@@H]1c1ccc(Cl)cc1. The number of anilines is 1. The average Bonchev–Trinajstić information content (AvgIpc) is 3.47. The van der Waals surface area contributed by atoms with Crippen LogP contribution in [0.4, 0.5) is 5.00 Å². The van der Waals surface area contributed by atoms with Crippen LogP contribution in [0, 0.1) is 5.92 Å². The second-order valence-electron chi connectivity index (χ2n) is 7.73. The van der Waals surface area contributed by atoms with Crippen LogP contribution in [0.3, 0.4) is 0 Å². The quantitative estimate of drug-likeness (QED) is 0.417. The van der Waals surface area contributed by atoms with Gasteiger partial charge in [0, 0.05) is 21.7 Å². The van der Waals surface area contributed by atoms with Gasteiger partial charge < -0.3 is 10.1 Å². The Kier molecular flexibility index (Phi) is 6.44. The van der Waals surface area contributed by atoms with Crippen molar-refractivity contribution in [3.8, 4) is 0 Å². The molecule has 0 unspecified atom stereocenters. The summed E-state index contributed by atoms with van der Waals surface area (Å²) in [6, 6.07) is 19.6. The molecule has 1 aliphatic rings. The molecular formula is C25H24ClNO3S. The zero-order valence-corrected chi connectivity index (χ0v) is 19.0. The topological polar surface area (TPSA) is 55.4 Å². The number of carbonyl (C=O) groups is 2. The van der Waals surface area contributed by atoms with Gasteiger partial charge in [-0.15, -0.1) is 11.3 Å². The molecule has 1 N–H and O–H groups in total. The monoisotopic (exact) mass is 453 g/mol. The Hall–Kier alpha value is -2.63. The molecule has 160 valence electrons. The van der Waals surface area contributed by atoms with Crippen molar-refractivity contribution >= 4 is 39.8 Å². The Labute approximate surface area is 191 Å². The first kappa shape index (κ1) is 21.6. The number of hydrogen-bond acceptors (Lipinski definition) is 4. The van der Waals surface area contributed by atoms with Gasteiger partial charge in [-0.05, 0) is 48.6 Å². The zero-order chi connectivity index (χ0) is 22.0. The fourth-order valence-electron chi connectivity index (χ4n) is 3.75. The molecule has 1 saturated carbocycles. The number of carbonyl (C=O) groups excluding carboxylic acids is 2. The van der Waals surface area contributed by atoms with E-state index in [1.807, 2.05) is 48.5 Å². The van der Waals surface area contributed by atoms with Gasteiger partial charge >= 0.3 is 5.97 Å². The summed E-state index contributed by atoms with van der Waals surface area (Å²) in [5.41, 5.74) is 2.68. The molecule has 1 amide bonds. The van der Waals surface area contributed by atoms with Crippen LogP contribution < -0.4 is 5.32 Å². The Morgan fingerprint density at radius 2 is 1.87 bits per heavy atom. The molecule has 1 aliphatic carbocycles. The fourth-order valence-corrected chi connectivity index (χ4v) is 5.01. The largest absolute Gasteiger partial charge is 0.462 e. The summed E-state index contributed by atoms with van der Waals surface area (Å²) in [4.78, 5) is 26.5. The van der Waals surface area contributed by atoms with Crippen LogP contribution in [0.25, 0.3) is 0 Å². The summed E-state index contributed by atoms with van der Waals surface area (Å²) in [5.74, 6) is -0.288. The summed E-state index contributed by atoms with van der Waals surface area (Å²) in [5, 5.41) is 4.24. The molecule has 0 radical (unpaired) electrons. The second kappa shape index (κ2) is 9.25. The fraction of sp³-hybridized carbons (Fsp3) is 0.280. The van der Waals surface area contributed by atoms with E-state index in [1.165, 1.54) is 11.3 Å². The van der Waals surface area contributed by atoms with Crippen molar-refractivity contribution in [1.29, 1.82) is 0 Å². The summed E-state index contributed by atoms with van der Waals surface area (Å²) in [7, 11) is 0. The third kappa shape index (κ3) is 4.83. The van der Waals surface area contributed by atoms with Crippen molar-refractivity contribution in [1.82, 2.24) is 0 Å². The van der Waals surface area contributed by atoms with Gasteiger partial charge in [0.1, 0.15) is 5.00 Å². The molecule has 1 aromatic heterocycles. The molecule has 0 spiro atoms. The summed E-state index contributed by atoms with van der Waals surface area (Å²) < 4.78 is 5.23. The standard InChI is InChI=1S/C25H24ClNO3S/c1-3-30-25(29)21-14-22(15(2)16-7-5-4-6-8-16)31-24(21)27-23(28)20-13-19(20)17-9-11-18(26)12-10-17/h4-12,14-15,19-20H,3,13H2,1-2H3,(H,27,28)/t15-,19+,20-/m0/s1. The van der Waals surface area contributed by atoms with E-state index in [4.69, 9.17) is 16.3 Å². The molecule has 0 saturated heterocycles. The van der Waals surface area contributed by atoms with E-state index in [-0.39, 0.29) is 30.3 Å². The zero-order valence-electron chi connectivity index (χ0n) is 17.4. The van der Waals surface area contributed by atoms with Gasteiger partial charge in [0.2, 0.25) is 5.91 Å². The normalized spacial score (nSPS) is 18.3. The van der Waals surface area contributed by atoms with E-state index in [9.17, 15) is 9.59 Å². The number of benzene rings is 2. The Morgan fingerprint density at radius 3 is 2.55 bits per heavy atom. The molecule has 6 heteroatoms. The first-order valence-corrected chi connectivity index (χ1v) is 11.6. The molecule has 2 aromatic carbocycles. The van der Waals surface area contributed by atoms with Gasteiger partial charge in [0.25, 0.3) is 0 Å². The van der Waals surface area contributed by atoms with E-state index in [0.717, 1.165) is 22.4 Å². The van der Waals surface area contributed by atoms with E-state index in [1.54, 1.807) is 6.92 Å². The highest BCUT2D eigenvalue weighted by molar-refractivity contribution is 7.16. The van der Waals surface area contributed by atoms with E-state index < -0.39 is 5.97 Å². The number of esters is 1. The smallest absolute Gasteiger partial charge is 0.341 e. The summed E-state index contributed by atoms with van der Waals surface area (Å²) in [6.07, 6.45) is 0.793. The molecule has 4 nitrogen and oxygen atoms in total. The second-order valence-corrected chi connectivity index (χ2v) is 9.25. The van der Waals surface area contributed by atoms with Crippen LogP contribution in [0.2, 0.25) is 5.02 Å². The van der Waals surface area contributed by atoms with Gasteiger partial charge in [-0.1, -0.05) is 61.0 Å². The van der Waals surface area contributed by atoms with Gasteiger partial charge in [0.05, 0.1) is 12.2 Å². The number of amides is 1. The maximum Gasteiger partial charge on any atom is 0.341 e. The number of nitrogens with one attached hydrogen (secondary N) is 1. The average molecular weight is 454 g/mol. The van der Waals surface area contributed by atoms with E-state index in [0.29, 0.717) is 15.6 Å². The lowest BCUT2D eigenvalue weighted by Crippen LogP contribution is -2.16. The van der Waals surface area contributed by atoms with Crippen molar-refractivity contribution in [2.24, 2.45) is 5.92 Å². The van der Waals surface area contributed by atoms with E-state index in [2.05, 4.69) is 24.4 Å². The molecule has 31 heavy (non-hydrogen) atoms. The Bertz CT molecular complexity index is 1080. The highest BCUT2D eigenvalue weighted by Gasteiger charge is 2.44. The predicted molar refractivity (Wildman–Crippen MR) is 125 cm³/mol. The summed E-state index contributed by atoms with van der Waals surface area (Å²) >= 11 is 7.41. The van der Waals surface area contributed by atoms with Gasteiger partial charge in [-0.2, -0.15) is 0 Å². The van der Waals surface area contributed by atoms with Crippen LogP contribution in [-0.4, -0.2) is 18.5 Å². The lowest BCUT2D eigenvalue weighted by Gasteiger charge is -2.09. The van der Waals surface area contributed by atoms with Crippen LogP contribution in [0.5, 0.6) is 0 Å². The third-order valence-electron chi connectivity index (χ3n) is 5.63. The van der Waals surface area contributed by atoms with Crippen molar-refractivity contribution in [3.63, 3.8) is 0 Å². The number of thiophene rings is 1. The third-order valence-corrected chi connectivity index (χ3v) is 7.12. The molecule has 3 atom stereocenters. The van der Waals surface area contributed by atoms with Crippen LogP contribution in [0.15, 0.2) is 60.7 Å². The van der Waals surface area contributed by atoms with Gasteiger partial charge in [0.15, 0.2) is 0 Å². The highest BCUT2D eigenvalue weighted by Crippen LogP contribution is 2.48. The summed E-state index contributed by atoms with van der Waals surface area (Å²) in [6.45, 7) is 4.16. The Morgan fingerprint density at radius 1 is 1.16 bits per heavy atom. The molecule has 0 aliphatic heterocycles. The molecule has 3 aromatic rings. The van der Waals surface area contributed by atoms with Crippen LogP contribution >= 0.6 is 22.9 Å². The first-order valence-electron chi connectivity index (χ1n) is 10.4. The van der Waals surface area contributed by atoms with E-state index >= 15 is 0 Å². The number of rotatable bonds is 7. The maximum absolute atomic E-state index is 12.9. The van der Waals surface area contributed by atoms with Crippen molar-refractivity contribution in [2.75, 3.05) is 11.9 Å². The lowest BCUT2D eigenvalue weighted by atomic mass is 9.99. The van der Waals surface area contributed by atoms with Crippen LogP contribution in [0.1, 0.15) is 58.5 Å².